The number of thioether (sulfide) groups is 1. The van der Waals surface area contributed by atoms with Crippen LogP contribution in [0.4, 0.5) is 4.79 Å². The summed E-state index contributed by atoms with van der Waals surface area (Å²) in [7, 11) is 2.04. The summed E-state index contributed by atoms with van der Waals surface area (Å²) in [6, 6.07) is 9.54. The Hall–Kier alpha value is -4.34. The highest BCUT2D eigenvalue weighted by Gasteiger charge is 2.20. The van der Waals surface area contributed by atoms with Crippen molar-refractivity contribution in [3.05, 3.63) is 71.8 Å². The van der Waals surface area contributed by atoms with Crippen LogP contribution in [0.15, 0.2) is 60.0 Å². The average Bonchev–Trinajstić information content (AvgIpc) is 3.46. The van der Waals surface area contributed by atoms with Crippen molar-refractivity contribution in [3.63, 3.8) is 0 Å². The molecule has 5 rings (SSSR count). The fourth-order valence-electron chi connectivity index (χ4n) is 5.01. The second-order valence-electron chi connectivity index (χ2n) is 11.0. The van der Waals surface area contributed by atoms with E-state index in [1.807, 2.05) is 53.8 Å². The van der Waals surface area contributed by atoms with Crippen molar-refractivity contribution in [2.24, 2.45) is 0 Å². The van der Waals surface area contributed by atoms with E-state index < -0.39 is 6.09 Å². The van der Waals surface area contributed by atoms with Gasteiger partial charge in [-0.1, -0.05) is 35.8 Å². The zero-order valence-corrected chi connectivity index (χ0v) is 26.6. The number of aromatic nitrogens is 4. The number of nitrogens with one attached hydrogen (secondary N) is 1. The summed E-state index contributed by atoms with van der Waals surface area (Å²) in [5.74, 6) is 7.34. The highest BCUT2D eigenvalue weighted by Crippen LogP contribution is 2.31. The van der Waals surface area contributed by atoms with Crippen molar-refractivity contribution in [2.45, 2.75) is 49.6 Å². The Bertz CT molecular complexity index is 1540. The molecule has 11 nitrogen and oxygen atoms in total. The van der Waals surface area contributed by atoms with E-state index in [1.54, 1.807) is 24.2 Å². The number of allylic oxidation sites excluding steroid dienone is 1. The minimum absolute atomic E-state index is 0.0394. The summed E-state index contributed by atoms with van der Waals surface area (Å²) in [5.41, 5.74) is 2.63. The van der Waals surface area contributed by atoms with Gasteiger partial charge in [-0.2, -0.15) is 0 Å². The number of hydrogen-bond donors (Lipinski definition) is 1. The Balaban J connectivity index is 1.10. The van der Waals surface area contributed by atoms with Crippen molar-refractivity contribution in [3.8, 4) is 23.3 Å². The molecule has 236 valence electrons. The maximum Gasteiger partial charge on any atom is 0.408 e. The average molecular weight is 630 g/mol. The minimum atomic E-state index is -0.591. The molecular formula is C33H39N7O4S. The van der Waals surface area contributed by atoms with Gasteiger partial charge in [0.05, 0.1) is 11.9 Å². The molecule has 1 fully saturated rings. The number of piperazine rings is 1. The van der Waals surface area contributed by atoms with Crippen molar-refractivity contribution in [2.75, 3.05) is 46.4 Å². The van der Waals surface area contributed by atoms with Gasteiger partial charge in [0.15, 0.2) is 17.6 Å². The lowest BCUT2D eigenvalue weighted by atomic mass is 10.1. The van der Waals surface area contributed by atoms with Crippen LogP contribution < -0.4 is 10.1 Å². The number of aryl methyl sites for hydroxylation is 1. The molecule has 3 heterocycles. The molecule has 0 bridgehead atoms. The third-order valence-corrected chi connectivity index (χ3v) is 8.77. The summed E-state index contributed by atoms with van der Waals surface area (Å²) < 4.78 is 13.3. The fourth-order valence-corrected chi connectivity index (χ4v) is 6.16. The molecule has 1 N–H and O–H groups in total. The van der Waals surface area contributed by atoms with E-state index >= 15 is 0 Å². The Labute approximate surface area is 268 Å². The zero-order chi connectivity index (χ0) is 31.4. The molecule has 0 saturated carbocycles. The maximum absolute atomic E-state index is 12.3. The number of carbonyl (C=O) groups excluding carboxylic acids is 2. The molecule has 1 unspecified atom stereocenters. The second kappa shape index (κ2) is 16.1. The highest BCUT2D eigenvalue weighted by atomic mass is 32.2. The number of likely N-dealkylation sites (N-methyl/N-ethyl adjacent to an activating group) is 1. The normalized spacial score (nSPS) is 16.5. The standard InChI is InChI=1S/C33H39N7O4S/c1-25-22-28(13-12-26(25)8-7-21-43-33(42)35-16-14-31(41)39-19-17-38(2)18-20-39)44-24-30-36-37-32(45-29-10-4-3-5-11-29)40(30)27-9-6-15-34-23-27/h4,6,9-10,12-13,15,22-23,29H,3,5,11,14,16-21,24H2,1-2H3,(H,35,42). The van der Waals surface area contributed by atoms with Gasteiger partial charge in [0.2, 0.25) is 5.91 Å². The van der Waals surface area contributed by atoms with Crippen LogP contribution in [0.1, 0.15) is 42.6 Å². The molecular weight excluding hydrogens is 590 g/mol. The lowest BCUT2D eigenvalue weighted by Gasteiger charge is -2.32. The van der Waals surface area contributed by atoms with Crippen LogP contribution in [0.3, 0.4) is 0 Å². The van der Waals surface area contributed by atoms with Gasteiger partial charge in [-0.05, 0) is 69.1 Å². The third kappa shape index (κ3) is 9.33. The molecule has 0 spiro atoms. The van der Waals surface area contributed by atoms with E-state index in [1.165, 1.54) is 6.42 Å². The van der Waals surface area contributed by atoms with Crippen LogP contribution in [0.2, 0.25) is 0 Å². The lowest BCUT2D eigenvalue weighted by molar-refractivity contribution is -0.132. The summed E-state index contributed by atoms with van der Waals surface area (Å²) in [6.07, 6.45) is 11.1. The van der Waals surface area contributed by atoms with Gasteiger partial charge in [0.1, 0.15) is 12.4 Å². The number of amides is 2. The summed E-state index contributed by atoms with van der Waals surface area (Å²) in [6.45, 7) is 5.52. The van der Waals surface area contributed by atoms with Gasteiger partial charge in [-0.15, -0.1) is 10.2 Å². The molecule has 1 atom stereocenters. The smallest absolute Gasteiger partial charge is 0.408 e. The molecule has 2 amide bonds. The van der Waals surface area contributed by atoms with Gasteiger partial charge in [0, 0.05) is 56.2 Å². The van der Waals surface area contributed by atoms with Crippen LogP contribution in [0.25, 0.3) is 5.69 Å². The SMILES string of the molecule is Cc1cc(OCc2nnc(SC3C=CCCC3)n2-c2cccnc2)ccc1C#CCOC(=O)NCCC(=O)N1CCN(C)CC1. The van der Waals surface area contributed by atoms with Crippen LogP contribution in [0.5, 0.6) is 5.75 Å². The molecule has 3 aromatic rings. The van der Waals surface area contributed by atoms with Gasteiger partial charge in [-0.3, -0.25) is 14.3 Å². The van der Waals surface area contributed by atoms with Crippen molar-refractivity contribution in [1.29, 1.82) is 0 Å². The van der Waals surface area contributed by atoms with Gasteiger partial charge in [0.25, 0.3) is 0 Å². The number of pyridine rings is 1. The summed E-state index contributed by atoms with van der Waals surface area (Å²) >= 11 is 1.71. The molecule has 2 aliphatic rings. The molecule has 1 saturated heterocycles. The van der Waals surface area contributed by atoms with Crippen molar-refractivity contribution in [1.82, 2.24) is 34.9 Å². The monoisotopic (exact) mass is 629 g/mol. The van der Waals surface area contributed by atoms with Gasteiger partial charge in [-0.25, -0.2) is 4.79 Å². The molecule has 1 aliphatic heterocycles. The second-order valence-corrected chi connectivity index (χ2v) is 12.2. The Morgan fingerprint density at radius 3 is 2.78 bits per heavy atom. The number of alkyl carbamates (subject to hydrolysis) is 1. The van der Waals surface area contributed by atoms with Crippen molar-refractivity contribution < 1.29 is 19.1 Å². The summed E-state index contributed by atoms with van der Waals surface area (Å²) in [4.78, 5) is 32.6. The van der Waals surface area contributed by atoms with Crippen molar-refractivity contribution >= 4 is 23.8 Å². The predicted octanol–water partition coefficient (Wildman–Crippen LogP) is 3.99. The zero-order valence-electron chi connectivity index (χ0n) is 25.8. The summed E-state index contributed by atoms with van der Waals surface area (Å²) in [5, 5.41) is 12.7. The quantitative estimate of drug-likeness (QED) is 0.263. The number of hydrogen-bond acceptors (Lipinski definition) is 9. The largest absolute Gasteiger partial charge is 0.486 e. The third-order valence-electron chi connectivity index (χ3n) is 7.60. The Kier molecular flexibility index (Phi) is 11.5. The number of ether oxygens (including phenoxy) is 2. The molecule has 2 aromatic heterocycles. The first-order valence-electron chi connectivity index (χ1n) is 15.2. The fraction of sp³-hybridized carbons (Fsp3) is 0.424. The number of benzene rings is 1. The highest BCUT2D eigenvalue weighted by molar-refractivity contribution is 7.99. The van der Waals surface area contributed by atoms with E-state index in [9.17, 15) is 9.59 Å². The first-order chi connectivity index (χ1) is 22.0. The van der Waals surface area contributed by atoms with E-state index in [0.29, 0.717) is 16.8 Å². The van der Waals surface area contributed by atoms with Crippen LogP contribution in [-0.2, 0) is 16.1 Å². The number of nitrogens with zero attached hydrogens (tertiary/aromatic N) is 6. The molecule has 0 radical (unpaired) electrons. The molecule has 1 aliphatic carbocycles. The van der Waals surface area contributed by atoms with Gasteiger partial charge < -0.3 is 24.6 Å². The molecule has 45 heavy (non-hydrogen) atoms. The van der Waals surface area contributed by atoms with E-state index in [-0.39, 0.29) is 32.1 Å². The predicted molar refractivity (Wildman–Crippen MR) is 172 cm³/mol. The van der Waals surface area contributed by atoms with Crippen LogP contribution >= 0.6 is 11.8 Å². The van der Waals surface area contributed by atoms with Crippen LogP contribution in [0, 0.1) is 18.8 Å². The van der Waals surface area contributed by atoms with Crippen LogP contribution in [-0.4, -0.2) is 93.2 Å². The van der Waals surface area contributed by atoms with E-state index in [2.05, 4.69) is 49.4 Å². The number of carbonyl (C=O) groups is 2. The Morgan fingerprint density at radius 2 is 2.02 bits per heavy atom. The number of rotatable bonds is 10. The van der Waals surface area contributed by atoms with E-state index in [4.69, 9.17) is 9.47 Å². The molecule has 12 heteroatoms. The molecule has 1 aromatic carbocycles. The lowest BCUT2D eigenvalue weighted by Crippen LogP contribution is -2.47. The van der Waals surface area contributed by atoms with E-state index in [0.717, 1.165) is 61.0 Å². The Morgan fingerprint density at radius 1 is 1.16 bits per heavy atom. The topological polar surface area (TPSA) is 115 Å². The first kappa shape index (κ1) is 32.1. The van der Waals surface area contributed by atoms with Gasteiger partial charge >= 0.3 is 6.09 Å². The first-order valence-corrected chi connectivity index (χ1v) is 16.1. The maximum atomic E-state index is 12.3. The minimum Gasteiger partial charge on any atom is -0.486 e.